The summed E-state index contributed by atoms with van der Waals surface area (Å²) in [5.41, 5.74) is 5.43. The lowest BCUT2D eigenvalue weighted by Crippen LogP contribution is -2.51. The number of nitrogens with zero attached hydrogens (tertiary/aromatic N) is 1. The van der Waals surface area contributed by atoms with Crippen molar-refractivity contribution < 1.29 is 8.42 Å². The maximum atomic E-state index is 10.8. The molecule has 5 heteroatoms. The third-order valence-corrected chi connectivity index (χ3v) is 3.07. The van der Waals surface area contributed by atoms with E-state index in [1.54, 1.807) is 0 Å². The van der Waals surface area contributed by atoms with Gasteiger partial charge in [0.1, 0.15) is 9.84 Å². The fourth-order valence-electron chi connectivity index (χ4n) is 1.30. The first-order chi connectivity index (χ1) is 5.51. The van der Waals surface area contributed by atoms with Crippen molar-refractivity contribution in [2.45, 2.75) is 0 Å². The third-order valence-electron chi connectivity index (χ3n) is 2.14. The molecular weight excluding hydrogens is 176 g/mol. The third kappa shape index (κ3) is 3.08. The number of rotatable bonds is 4. The summed E-state index contributed by atoms with van der Waals surface area (Å²) in [6.07, 6.45) is 1.27. The van der Waals surface area contributed by atoms with Crippen LogP contribution >= 0.6 is 0 Å². The highest BCUT2D eigenvalue weighted by Crippen LogP contribution is 2.12. The first-order valence-corrected chi connectivity index (χ1v) is 6.17. The minimum absolute atomic E-state index is 0.268. The molecule has 72 valence electrons. The lowest BCUT2D eigenvalue weighted by molar-refractivity contribution is 0.114. The monoisotopic (exact) mass is 192 g/mol. The van der Waals surface area contributed by atoms with Crippen molar-refractivity contribution >= 4 is 9.84 Å². The van der Waals surface area contributed by atoms with Gasteiger partial charge in [0.2, 0.25) is 0 Å². The number of hydrogen-bond acceptors (Lipinski definition) is 4. The Bertz CT molecular complexity index is 232. The zero-order chi connectivity index (χ0) is 9.19. The Labute approximate surface area is 73.6 Å². The van der Waals surface area contributed by atoms with Crippen LogP contribution in [0.25, 0.3) is 0 Å². The van der Waals surface area contributed by atoms with E-state index in [1.807, 2.05) is 0 Å². The SMILES string of the molecule is CS(=O)(=O)CCN1CC(CN)C1. The summed E-state index contributed by atoms with van der Waals surface area (Å²) < 4.78 is 21.6. The molecule has 0 aliphatic carbocycles. The van der Waals surface area contributed by atoms with E-state index in [-0.39, 0.29) is 5.75 Å². The second kappa shape index (κ2) is 3.72. The zero-order valence-corrected chi connectivity index (χ0v) is 8.18. The van der Waals surface area contributed by atoms with Crippen molar-refractivity contribution in [3.63, 3.8) is 0 Å². The van der Waals surface area contributed by atoms with Gasteiger partial charge in [-0.05, 0) is 12.5 Å². The highest BCUT2D eigenvalue weighted by molar-refractivity contribution is 7.90. The van der Waals surface area contributed by atoms with Crippen molar-refractivity contribution in [3.05, 3.63) is 0 Å². The van der Waals surface area contributed by atoms with Gasteiger partial charge in [-0.25, -0.2) is 8.42 Å². The number of sulfone groups is 1. The molecule has 0 saturated carbocycles. The molecule has 0 atom stereocenters. The van der Waals surface area contributed by atoms with Crippen molar-refractivity contribution in [2.24, 2.45) is 11.7 Å². The van der Waals surface area contributed by atoms with Crippen molar-refractivity contribution in [3.8, 4) is 0 Å². The Morgan fingerprint density at radius 3 is 2.50 bits per heavy atom. The molecule has 1 heterocycles. The molecule has 4 nitrogen and oxygen atoms in total. The summed E-state index contributed by atoms with van der Waals surface area (Å²) in [5.74, 6) is 0.856. The second-order valence-corrected chi connectivity index (χ2v) is 5.75. The average molecular weight is 192 g/mol. The van der Waals surface area contributed by atoms with Crippen LogP contribution in [-0.4, -0.2) is 51.5 Å². The van der Waals surface area contributed by atoms with Gasteiger partial charge in [0, 0.05) is 25.9 Å². The summed E-state index contributed by atoms with van der Waals surface area (Å²) in [4.78, 5) is 2.12. The molecule has 1 saturated heterocycles. The van der Waals surface area contributed by atoms with Gasteiger partial charge in [0.15, 0.2) is 0 Å². The van der Waals surface area contributed by atoms with Crippen molar-refractivity contribution in [1.29, 1.82) is 0 Å². The van der Waals surface area contributed by atoms with Gasteiger partial charge in [-0.2, -0.15) is 0 Å². The molecule has 1 fully saturated rings. The van der Waals surface area contributed by atoms with Crippen molar-refractivity contribution in [2.75, 3.05) is 38.2 Å². The molecule has 0 aromatic carbocycles. The quantitative estimate of drug-likeness (QED) is 0.615. The van der Waals surface area contributed by atoms with E-state index in [9.17, 15) is 8.42 Å². The molecule has 0 unspecified atom stereocenters. The zero-order valence-electron chi connectivity index (χ0n) is 7.36. The van der Waals surface area contributed by atoms with Crippen LogP contribution in [0.4, 0.5) is 0 Å². The maximum Gasteiger partial charge on any atom is 0.148 e. The Morgan fingerprint density at radius 2 is 2.08 bits per heavy atom. The summed E-state index contributed by atoms with van der Waals surface area (Å²) in [5, 5.41) is 0. The fourth-order valence-corrected chi connectivity index (χ4v) is 1.89. The highest BCUT2D eigenvalue weighted by Gasteiger charge is 2.25. The predicted molar refractivity (Wildman–Crippen MR) is 48.7 cm³/mol. The molecule has 0 amide bonds. The van der Waals surface area contributed by atoms with E-state index in [2.05, 4.69) is 4.90 Å². The van der Waals surface area contributed by atoms with E-state index in [0.717, 1.165) is 19.6 Å². The van der Waals surface area contributed by atoms with Crippen LogP contribution in [0, 0.1) is 5.92 Å². The van der Waals surface area contributed by atoms with Crippen molar-refractivity contribution in [1.82, 2.24) is 4.90 Å². The fraction of sp³-hybridized carbons (Fsp3) is 1.00. The van der Waals surface area contributed by atoms with Gasteiger partial charge in [-0.15, -0.1) is 0 Å². The first-order valence-electron chi connectivity index (χ1n) is 4.11. The molecule has 1 aliphatic rings. The van der Waals surface area contributed by atoms with Gasteiger partial charge in [-0.3, -0.25) is 0 Å². The van der Waals surface area contributed by atoms with Crippen LogP contribution in [0.1, 0.15) is 0 Å². The molecular formula is C7H16N2O2S. The van der Waals surface area contributed by atoms with Crippen LogP contribution in [0.5, 0.6) is 0 Å². The summed E-state index contributed by atoms with van der Waals surface area (Å²) >= 11 is 0. The molecule has 0 bridgehead atoms. The predicted octanol–water partition coefficient (Wildman–Crippen LogP) is -1.08. The Hall–Kier alpha value is -0.130. The molecule has 2 N–H and O–H groups in total. The van der Waals surface area contributed by atoms with E-state index in [0.29, 0.717) is 12.5 Å². The number of nitrogens with two attached hydrogens (primary N) is 1. The minimum atomic E-state index is -2.79. The van der Waals surface area contributed by atoms with Crippen LogP contribution in [0.15, 0.2) is 0 Å². The largest absolute Gasteiger partial charge is 0.330 e. The maximum absolute atomic E-state index is 10.8. The number of likely N-dealkylation sites (tertiary alicyclic amines) is 1. The van der Waals surface area contributed by atoms with E-state index < -0.39 is 9.84 Å². The average Bonchev–Trinajstić information content (AvgIpc) is 1.82. The summed E-state index contributed by atoms with van der Waals surface area (Å²) in [7, 11) is -2.79. The minimum Gasteiger partial charge on any atom is -0.330 e. The van der Waals surface area contributed by atoms with E-state index in [4.69, 9.17) is 5.73 Å². The van der Waals surface area contributed by atoms with E-state index in [1.165, 1.54) is 6.26 Å². The first kappa shape index (κ1) is 9.95. The molecule has 0 aromatic rings. The van der Waals surface area contributed by atoms with Crippen LogP contribution in [0.3, 0.4) is 0 Å². The van der Waals surface area contributed by atoms with Crippen LogP contribution in [0.2, 0.25) is 0 Å². The normalized spacial score (nSPS) is 20.8. The van der Waals surface area contributed by atoms with Crippen LogP contribution in [-0.2, 0) is 9.84 Å². The van der Waals surface area contributed by atoms with E-state index >= 15 is 0 Å². The summed E-state index contributed by atoms with van der Waals surface area (Å²) in [6.45, 7) is 3.31. The molecule has 12 heavy (non-hydrogen) atoms. The Balaban J connectivity index is 2.12. The molecule has 0 aromatic heterocycles. The number of hydrogen-bond donors (Lipinski definition) is 1. The highest BCUT2D eigenvalue weighted by atomic mass is 32.2. The topological polar surface area (TPSA) is 63.4 Å². The molecule has 0 radical (unpaired) electrons. The Morgan fingerprint density at radius 1 is 1.50 bits per heavy atom. The molecule has 1 rings (SSSR count). The van der Waals surface area contributed by atoms with Gasteiger partial charge in [-0.1, -0.05) is 0 Å². The second-order valence-electron chi connectivity index (χ2n) is 3.49. The standard InChI is InChI=1S/C7H16N2O2S/c1-12(10,11)3-2-9-5-7(4-8)6-9/h7H,2-6,8H2,1H3. The van der Waals surface area contributed by atoms with Gasteiger partial charge in [0.05, 0.1) is 5.75 Å². The lowest BCUT2D eigenvalue weighted by Gasteiger charge is -2.38. The molecule has 0 spiro atoms. The Kier molecular flexibility index (Phi) is 3.09. The van der Waals surface area contributed by atoms with Gasteiger partial charge < -0.3 is 10.6 Å². The van der Waals surface area contributed by atoms with Gasteiger partial charge >= 0.3 is 0 Å². The van der Waals surface area contributed by atoms with Crippen LogP contribution < -0.4 is 5.73 Å². The van der Waals surface area contributed by atoms with Gasteiger partial charge in [0.25, 0.3) is 0 Å². The lowest BCUT2D eigenvalue weighted by atomic mass is 10.0. The smallest absolute Gasteiger partial charge is 0.148 e. The summed E-state index contributed by atoms with van der Waals surface area (Å²) in [6, 6.07) is 0. The molecule has 1 aliphatic heterocycles.